The summed E-state index contributed by atoms with van der Waals surface area (Å²) < 4.78 is 51.0. The highest BCUT2D eigenvalue weighted by Gasteiger charge is 2.24. The van der Waals surface area contributed by atoms with Gasteiger partial charge in [-0.15, -0.1) is 0 Å². The smallest absolute Gasteiger partial charge is 0.267 e. The molecule has 1 aliphatic heterocycles. The number of hydrogen-bond donors (Lipinski definition) is 1. The van der Waals surface area contributed by atoms with E-state index in [9.17, 15) is 8.42 Å². The Balaban J connectivity index is 1.48. The number of benzene rings is 2. The van der Waals surface area contributed by atoms with Crippen molar-refractivity contribution in [2.75, 3.05) is 42.8 Å². The minimum Gasteiger partial charge on any atom is -0.436 e. The zero-order chi connectivity index (χ0) is 26.9. The predicted octanol–water partition coefficient (Wildman–Crippen LogP) is 3.67. The van der Waals surface area contributed by atoms with Gasteiger partial charge in [-0.25, -0.2) is 18.1 Å². The summed E-state index contributed by atoms with van der Waals surface area (Å²) >= 11 is 0. The lowest BCUT2D eigenvalue weighted by atomic mass is 10.1. The third-order valence-electron chi connectivity index (χ3n) is 6.36. The van der Waals surface area contributed by atoms with Crippen molar-refractivity contribution in [1.29, 1.82) is 0 Å². The van der Waals surface area contributed by atoms with E-state index < -0.39 is 21.7 Å². The summed E-state index contributed by atoms with van der Waals surface area (Å²) in [5.74, 6) is -1.16. The van der Waals surface area contributed by atoms with Crippen LogP contribution < -0.4 is 14.4 Å². The van der Waals surface area contributed by atoms with Crippen LogP contribution >= 0.6 is 0 Å². The van der Waals surface area contributed by atoms with Crippen molar-refractivity contribution in [3.8, 4) is 22.9 Å². The average Bonchev–Trinajstić information content (AvgIpc) is 3.34. The predicted molar refractivity (Wildman–Crippen MR) is 142 cm³/mol. The minimum absolute atomic E-state index is 0.0765. The number of ether oxygens (including phenoxy) is 1. The molecule has 0 atom stereocenters. The molecule has 0 bridgehead atoms. The van der Waals surface area contributed by atoms with Crippen LogP contribution in [0, 0.1) is 12.7 Å². The number of hydrogen-bond acceptors (Lipinski definition) is 8. The van der Waals surface area contributed by atoms with E-state index in [-0.39, 0.29) is 16.5 Å². The van der Waals surface area contributed by atoms with Crippen LogP contribution in [-0.4, -0.2) is 66.3 Å². The van der Waals surface area contributed by atoms with E-state index in [2.05, 4.69) is 36.6 Å². The fourth-order valence-electron chi connectivity index (χ4n) is 4.17. The van der Waals surface area contributed by atoms with Gasteiger partial charge in [-0.2, -0.15) is 14.5 Å². The number of nitrogens with one attached hydrogen (secondary N) is 1. The fraction of sp³-hybridized carbons (Fsp3) is 0.269. The van der Waals surface area contributed by atoms with Crippen molar-refractivity contribution in [2.45, 2.75) is 11.8 Å². The first-order valence-electron chi connectivity index (χ1n) is 12.1. The summed E-state index contributed by atoms with van der Waals surface area (Å²) in [5.41, 5.74) is 2.21. The van der Waals surface area contributed by atoms with Crippen LogP contribution in [0.3, 0.4) is 0 Å². The number of piperazine rings is 1. The van der Waals surface area contributed by atoms with Crippen LogP contribution in [0.4, 0.5) is 16.0 Å². The molecular weight excluding hydrogens is 509 g/mol. The first-order valence-corrected chi connectivity index (χ1v) is 13.5. The van der Waals surface area contributed by atoms with E-state index in [1.165, 1.54) is 17.1 Å². The second-order valence-electron chi connectivity index (χ2n) is 9.17. The maximum Gasteiger partial charge on any atom is 0.267 e. The quantitative estimate of drug-likeness (QED) is 0.381. The van der Waals surface area contributed by atoms with E-state index in [4.69, 9.17) is 4.74 Å². The molecular formula is C26H28FN7O3S. The summed E-state index contributed by atoms with van der Waals surface area (Å²) in [5, 5.41) is 3.90. The Hall–Kier alpha value is -4.03. The van der Waals surface area contributed by atoms with Gasteiger partial charge in [0.25, 0.3) is 15.9 Å². The first kappa shape index (κ1) is 25.6. The Morgan fingerprint density at radius 2 is 1.68 bits per heavy atom. The first-order chi connectivity index (χ1) is 18.2. The van der Waals surface area contributed by atoms with Crippen LogP contribution in [0.15, 0.2) is 65.8 Å². The topological polar surface area (TPSA) is 105 Å². The molecule has 1 N–H and O–H groups in total. The van der Waals surface area contributed by atoms with E-state index in [1.807, 2.05) is 31.2 Å². The number of sulfonamides is 1. The zero-order valence-corrected chi connectivity index (χ0v) is 22.1. The van der Waals surface area contributed by atoms with E-state index in [1.54, 1.807) is 31.3 Å². The molecule has 4 aromatic rings. The molecule has 12 heteroatoms. The van der Waals surface area contributed by atoms with Crippen molar-refractivity contribution in [3.05, 3.63) is 72.3 Å². The highest BCUT2D eigenvalue weighted by molar-refractivity contribution is 7.92. The fourth-order valence-corrected chi connectivity index (χ4v) is 5.10. The maximum atomic E-state index is 15.7. The number of aryl methyl sites for hydroxylation is 2. The number of rotatable bonds is 7. The Bertz CT molecular complexity index is 1550. The molecule has 0 radical (unpaired) electrons. The third kappa shape index (κ3) is 5.46. The lowest BCUT2D eigenvalue weighted by Crippen LogP contribution is -2.44. The molecule has 198 valence electrons. The molecule has 3 heterocycles. The van der Waals surface area contributed by atoms with Crippen molar-refractivity contribution < 1.29 is 17.5 Å². The number of likely N-dealkylation sites (N-methyl/N-ethyl adjacent to an activating group) is 1. The lowest BCUT2D eigenvalue weighted by molar-refractivity contribution is 0.313. The SMILES string of the molecule is Cc1ccccc1-c1nc(NS(=O)(=O)c2cnn(C)c2)nc(Oc2ccc(N3CCN(C)CC3)cc2)c1F. The number of halogens is 1. The van der Waals surface area contributed by atoms with Gasteiger partial charge in [0.05, 0.1) is 6.20 Å². The summed E-state index contributed by atoms with van der Waals surface area (Å²) in [6, 6.07) is 14.4. The van der Waals surface area contributed by atoms with Gasteiger partial charge in [0.1, 0.15) is 16.3 Å². The second-order valence-corrected chi connectivity index (χ2v) is 10.9. The average molecular weight is 538 g/mol. The van der Waals surface area contributed by atoms with Crippen LogP contribution in [0.5, 0.6) is 11.6 Å². The van der Waals surface area contributed by atoms with Gasteiger partial charge >= 0.3 is 0 Å². The van der Waals surface area contributed by atoms with Crippen LogP contribution in [0.2, 0.25) is 0 Å². The molecule has 0 unspecified atom stereocenters. The Morgan fingerprint density at radius 3 is 2.34 bits per heavy atom. The molecule has 1 saturated heterocycles. The number of anilines is 2. The van der Waals surface area contributed by atoms with Gasteiger partial charge in [0, 0.05) is 50.7 Å². The molecule has 1 fully saturated rings. The second kappa shape index (κ2) is 10.4. The highest BCUT2D eigenvalue weighted by atomic mass is 32.2. The number of aromatic nitrogens is 4. The largest absolute Gasteiger partial charge is 0.436 e. The maximum absolute atomic E-state index is 15.7. The summed E-state index contributed by atoms with van der Waals surface area (Å²) in [6.45, 7) is 5.59. The highest BCUT2D eigenvalue weighted by Crippen LogP contribution is 2.33. The Labute approximate surface area is 220 Å². The van der Waals surface area contributed by atoms with Crippen LogP contribution in [0.25, 0.3) is 11.3 Å². The Kier molecular flexibility index (Phi) is 7.00. The molecule has 38 heavy (non-hydrogen) atoms. The summed E-state index contributed by atoms with van der Waals surface area (Å²) in [7, 11) is -0.371. The molecule has 2 aromatic carbocycles. The molecule has 5 rings (SSSR count). The molecule has 0 aliphatic carbocycles. The van der Waals surface area contributed by atoms with Crippen LogP contribution in [-0.2, 0) is 17.1 Å². The standard InChI is InChI=1S/C26H28FN7O3S/c1-18-6-4-5-7-22(18)24-23(27)25(30-26(29-24)31-38(35,36)21-16-28-33(3)17-21)37-20-10-8-19(9-11-20)34-14-12-32(2)13-15-34/h4-11,16-17H,12-15H2,1-3H3,(H,29,30,31). The van der Waals surface area contributed by atoms with E-state index in [0.29, 0.717) is 11.3 Å². The minimum atomic E-state index is -4.07. The Morgan fingerprint density at radius 1 is 0.974 bits per heavy atom. The van der Waals surface area contributed by atoms with Crippen molar-refractivity contribution in [1.82, 2.24) is 24.6 Å². The van der Waals surface area contributed by atoms with Gasteiger partial charge in [0.2, 0.25) is 11.8 Å². The third-order valence-corrected chi connectivity index (χ3v) is 7.64. The molecule has 0 saturated carbocycles. The van der Waals surface area contributed by atoms with Crippen molar-refractivity contribution in [3.63, 3.8) is 0 Å². The molecule has 10 nitrogen and oxygen atoms in total. The van der Waals surface area contributed by atoms with Gasteiger partial charge in [-0.05, 0) is 43.8 Å². The van der Waals surface area contributed by atoms with E-state index >= 15 is 4.39 Å². The van der Waals surface area contributed by atoms with Gasteiger partial charge < -0.3 is 14.5 Å². The van der Waals surface area contributed by atoms with Gasteiger partial charge in [-0.3, -0.25) is 4.68 Å². The van der Waals surface area contributed by atoms with E-state index in [0.717, 1.165) is 37.4 Å². The van der Waals surface area contributed by atoms with Gasteiger partial charge in [-0.1, -0.05) is 24.3 Å². The van der Waals surface area contributed by atoms with Gasteiger partial charge in [0.15, 0.2) is 0 Å². The molecule has 0 spiro atoms. The van der Waals surface area contributed by atoms with Crippen LogP contribution in [0.1, 0.15) is 5.56 Å². The molecule has 1 aliphatic rings. The zero-order valence-electron chi connectivity index (χ0n) is 21.3. The monoisotopic (exact) mass is 537 g/mol. The van der Waals surface area contributed by atoms with Crippen molar-refractivity contribution >= 4 is 21.7 Å². The summed E-state index contributed by atoms with van der Waals surface area (Å²) in [6.07, 6.45) is 2.54. The van der Waals surface area contributed by atoms with Crippen molar-refractivity contribution in [2.24, 2.45) is 7.05 Å². The lowest BCUT2D eigenvalue weighted by Gasteiger charge is -2.34. The summed E-state index contributed by atoms with van der Waals surface area (Å²) in [4.78, 5) is 12.8. The molecule has 2 aromatic heterocycles. The normalized spacial score (nSPS) is 14.5. The number of nitrogens with zero attached hydrogens (tertiary/aromatic N) is 6. The molecule has 0 amide bonds.